The summed E-state index contributed by atoms with van der Waals surface area (Å²) < 4.78 is 7.77. The molecular weight excluding hydrogens is 396 g/mol. The fourth-order valence-corrected chi connectivity index (χ4v) is 5.66. The maximum atomic E-state index is 12.4. The number of hydrogen-bond donors (Lipinski definition) is 0. The number of aromatic nitrogens is 2. The molecule has 3 aliphatic rings. The summed E-state index contributed by atoms with van der Waals surface area (Å²) in [7, 11) is 0. The molecule has 1 saturated heterocycles. The summed E-state index contributed by atoms with van der Waals surface area (Å²) in [5.74, 6) is 2.03. The van der Waals surface area contributed by atoms with Crippen molar-refractivity contribution >= 4 is 11.8 Å². The van der Waals surface area contributed by atoms with Crippen molar-refractivity contribution in [2.24, 2.45) is 0 Å². The highest BCUT2D eigenvalue weighted by atomic mass is 32.2. The van der Waals surface area contributed by atoms with Crippen LogP contribution in [0.15, 0.2) is 35.1 Å². The Morgan fingerprint density at radius 2 is 1.87 bits per heavy atom. The normalized spacial score (nSPS) is 22.5. The molecule has 0 saturated carbocycles. The average molecular weight is 427 g/mol. The summed E-state index contributed by atoms with van der Waals surface area (Å²) >= 11 is 1.89. The van der Waals surface area contributed by atoms with Crippen molar-refractivity contribution in [3.05, 3.63) is 63.1 Å². The molecule has 7 heteroatoms. The minimum absolute atomic E-state index is 0.0444. The van der Waals surface area contributed by atoms with Crippen molar-refractivity contribution in [3.8, 4) is 0 Å². The molecule has 160 valence electrons. The van der Waals surface area contributed by atoms with Crippen LogP contribution in [0.2, 0.25) is 0 Å². The minimum Gasteiger partial charge on any atom is -0.372 e. The molecule has 1 aromatic heterocycles. The van der Waals surface area contributed by atoms with Crippen LogP contribution < -0.4 is 5.56 Å². The van der Waals surface area contributed by atoms with Crippen LogP contribution in [0.4, 0.5) is 0 Å². The van der Waals surface area contributed by atoms with Gasteiger partial charge in [-0.1, -0.05) is 24.3 Å². The van der Waals surface area contributed by atoms with Gasteiger partial charge in [-0.05, 0) is 28.9 Å². The lowest BCUT2D eigenvalue weighted by atomic mass is 9.97. The largest absolute Gasteiger partial charge is 0.372 e. The second-order valence-electron chi connectivity index (χ2n) is 8.43. The first-order valence-corrected chi connectivity index (χ1v) is 12.2. The number of rotatable bonds is 5. The molecule has 1 atom stereocenters. The standard InChI is InChI=1S/C23H30N4O2S/c28-23-15-19-17-30-14-6-21(19)24-27(23)12-11-25-7-9-26(10-8-25)16-22-20-4-2-1-3-18(20)5-13-29-22/h1-4,15,22H,5-14,16-17H2. The first-order chi connectivity index (χ1) is 14.8. The zero-order chi connectivity index (χ0) is 20.3. The minimum atomic E-state index is 0.0444. The van der Waals surface area contributed by atoms with Gasteiger partial charge in [-0.25, -0.2) is 4.68 Å². The smallest absolute Gasteiger partial charge is 0.267 e. The second kappa shape index (κ2) is 9.22. The Kier molecular flexibility index (Phi) is 6.22. The maximum Gasteiger partial charge on any atom is 0.267 e. The monoisotopic (exact) mass is 426 g/mol. The van der Waals surface area contributed by atoms with E-state index >= 15 is 0 Å². The van der Waals surface area contributed by atoms with Crippen LogP contribution in [0.1, 0.15) is 28.5 Å². The number of piperazine rings is 1. The van der Waals surface area contributed by atoms with E-state index < -0.39 is 0 Å². The summed E-state index contributed by atoms with van der Waals surface area (Å²) in [6.07, 6.45) is 2.19. The Hall–Kier alpha value is -1.67. The van der Waals surface area contributed by atoms with Crippen LogP contribution in [0.3, 0.4) is 0 Å². The van der Waals surface area contributed by atoms with E-state index in [-0.39, 0.29) is 11.7 Å². The molecule has 1 fully saturated rings. The lowest BCUT2D eigenvalue weighted by Gasteiger charge is -2.37. The van der Waals surface area contributed by atoms with Crippen LogP contribution in [0.5, 0.6) is 0 Å². The number of thioether (sulfide) groups is 1. The fraction of sp³-hybridized carbons (Fsp3) is 0.565. The zero-order valence-electron chi connectivity index (χ0n) is 17.5. The molecule has 1 unspecified atom stereocenters. The van der Waals surface area contributed by atoms with E-state index in [1.807, 2.05) is 11.8 Å². The molecule has 0 amide bonds. The summed E-state index contributed by atoms with van der Waals surface area (Å²) in [5.41, 5.74) is 5.10. The Balaban J connectivity index is 1.13. The Morgan fingerprint density at radius 1 is 1.03 bits per heavy atom. The maximum absolute atomic E-state index is 12.4. The van der Waals surface area contributed by atoms with Crippen molar-refractivity contribution in [1.82, 2.24) is 19.6 Å². The molecule has 4 heterocycles. The van der Waals surface area contributed by atoms with Crippen LogP contribution >= 0.6 is 11.8 Å². The predicted octanol–water partition coefficient (Wildman–Crippen LogP) is 1.96. The highest BCUT2D eigenvalue weighted by Crippen LogP contribution is 2.28. The fourth-order valence-electron chi connectivity index (χ4n) is 4.71. The van der Waals surface area contributed by atoms with Crippen LogP contribution in [-0.4, -0.2) is 71.2 Å². The molecule has 0 N–H and O–H groups in total. The number of ether oxygens (including phenoxy) is 1. The number of hydrogen-bond acceptors (Lipinski definition) is 6. The van der Waals surface area contributed by atoms with E-state index in [9.17, 15) is 4.79 Å². The van der Waals surface area contributed by atoms with Crippen LogP contribution in [-0.2, 0) is 29.9 Å². The zero-order valence-corrected chi connectivity index (χ0v) is 18.3. The number of nitrogens with zero attached hydrogens (tertiary/aromatic N) is 4. The summed E-state index contributed by atoms with van der Waals surface area (Å²) in [6, 6.07) is 10.5. The van der Waals surface area contributed by atoms with Crippen molar-refractivity contribution in [3.63, 3.8) is 0 Å². The molecule has 0 spiro atoms. The van der Waals surface area contributed by atoms with E-state index in [0.29, 0.717) is 6.54 Å². The van der Waals surface area contributed by atoms with E-state index in [1.165, 1.54) is 11.1 Å². The van der Waals surface area contributed by atoms with Gasteiger partial charge < -0.3 is 4.74 Å². The van der Waals surface area contributed by atoms with Crippen LogP contribution in [0.25, 0.3) is 0 Å². The van der Waals surface area contributed by atoms with E-state index in [2.05, 4.69) is 39.2 Å². The average Bonchev–Trinajstić information content (AvgIpc) is 2.79. The summed E-state index contributed by atoms with van der Waals surface area (Å²) in [6.45, 7) is 7.51. The molecule has 3 aliphatic heterocycles. The highest BCUT2D eigenvalue weighted by molar-refractivity contribution is 7.98. The third-order valence-corrected chi connectivity index (χ3v) is 7.52. The first-order valence-electron chi connectivity index (χ1n) is 11.1. The molecule has 0 radical (unpaired) electrons. The van der Waals surface area contributed by atoms with Gasteiger partial charge in [0.05, 0.1) is 24.9 Å². The van der Waals surface area contributed by atoms with E-state index in [1.54, 1.807) is 10.7 Å². The van der Waals surface area contributed by atoms with E-state index in [0.717, 1.165) is 81.5 Å². The SMILES string of the molecule is O=c1cc2c(nn1CCN1CCN(CC3OCCc4ccccc43)CC1)CCSC2. The lowest BCUT2D eigenvalue weighted by molar-refractivity contribution is 0.00425. The molecular formula is C23H30N4O2S. The van der Waals surface area contributed by atoms with Gasteiger partial charge in [0.15, 0.2) is 0 Å². The lowest BCUT2D eigenvalue weighted by Crippen LogP contribution is -2.49. The second-order valence-corrected chi connectivity index (χ2v) is 9.54. The van der Waals surface area contributed by atoms with Gasteiger partial charge in [-0.2, -0.15) is 16.9 Å². The van der Waals surface area contributed by atoms with Gasteiger partial charge in [0.2, 0.25) is 0 Å². The van der Waals surface area contributed by atoms with E-state index in [4.69, 9.17) is 4.74 Å². The molecule has 0 aliphatic carbocycles. The molecule has 1 aromatic carbocycles. The number of fused-ring (bicyclic) bond motifs is 2. The molecule has 6 nitrogen and oxygen atoms in total. The third-order valence-electron chi connectivity index (χ3n) is 6.51. The van der Waals surface area contributed by atoms with Crippen molar-refractivity contribution in [2.75, 3.05) is 51.6 Å². The van der Waals surface area contributed by atoms with Crippen molar-refractivity contribution in [2.45, 2.75) is 31.2 Å². The van der Waals surface area contributed by atoms with Crippen molar-refractivity contribution < 1.29 is 4.74 Å². The topological polar surface area (TPSA) is 50.6 Å². The van der Waals surface area contributed by atoms with Crippen LogP contribution in [0, 0.1) is 0 Å². The first kappa shape index (κ1) is 20.2. The van der Waals surface area contributed by atoms with Gasteiger partial charge in [-0.15, -0.1) is 0 Å². The van der Waals surface area contributed by atoms with Gasteiger partial charge in [0.1, 0.15) is 0 Å². The number of benzene rings is 1. The molecule has 2 aromatic rings. The Bertz CT molecular complexity index is 939. The molecule has 30 heavy (non-hydrogen) atoms. The summed E-state index contributed by atoms with van der Waals surface area (Å²) in [4.78, 5) is 17.4. The van der Waals surface area contributed by atoms with Gasteiger partial charge in [0, 0.05) is 57.5 Å². The van der Waals surface area contributed by atoms with Gasteiger partial charge in [-0.3, -0.25) is 14.6 Å². The predicted molar refractivity (Wildman–Crippen MR) is 120 cm³/mol. The van der Waals surface area contributed by atoms with Gasteiger partial charge >= 0.3 is 0 Å². The highest BCUT2D eigenvalue weighted by Gasteiger charge is 2.25. The number of aryl methyl sites for hydroxylation is 1. The molecule has 5 rings (SSSR count). The quantitative estimate of drug-likeness (QED) is 0.729. The Morgan fingerprint density at radius 3 is 2.77 bits per heavy atom. The van der Waals surface area contributed by atoms with Gasteiger partial charge in [0.25, 0.3) is 5.56 Å². The molecule has 0 bridgehead atoms. The Labute approximate surface area is 182 Å². The summed E-state index contributed by atoms with van der Waals surface area (Å²) in [5, 5.41) is 4.65. The van der Waals surface area contributed by atoms with Crippen molar-refractivity contribution in [1.29, 1.82) is 0 Å². The third kappa shape index (κ3) is 4.49.